The topological polar surface area (TPSA) is 98.7 Å². The van der Waals surface area contributed by atoms with Crippen LogP contribution in [0.1, 0.15) is 26.7 Å². The molecule has 0 aliphatic heterocycles. The van der Waals surface area contributed by atoms with E-state index in [0.29, 0.717) is 24.3 Å². The van der Waals surface area contributed by atoms with Crippen molar-refractivity contribution in [1.82, 2.24) is 19.7 Å². The molecule has 0 aliphatic rings. The Kier molecular flexibility index (Phi) is 4.09. The third-order valence-corrected chi connectivity index (χ3v) is 2.68. The van der Waals surface area contributed by atoms with E-state index < -0.39 is 0 Å². The van der Waals surface area contributed by atoms with Crippen molar-refractivity contribution in [3.8, 4) is 5.82 Å². The highest BCUT2D eigenvalue weighted by Crippen LogP contribution is 2.11. The average Bonchev–Trinajstić information content (AvgIpc) is 2.90. The van der Waals surface area contributed by atoms with E-state index in [1.165, 1.54) is 6.33 Å². The molecule has 0 atom stereocenters. The fourth-order valence-corrected chi connectivity index (χ4v) is 1.58. The molecule has 0 fully saturated rings. The summed E-state index contributed by atoms with van der Waals surface area (Å²) in [6, 6.07) is 3.53. The van der Waals surface area contributed by atoms with Crippen LogP contribution in [-0.4, -0.2) is 31.2 Å². The van der Waals surface area contributed by atoms with E-state index in [1.54, 1.807) is 29.3 Å². The van der Waals surface area contributed by atoms with Crippen molar-refractivity contribution in [3.05, 3.63) is 31.0 Å². The van der Waals surface area contributed by atoms with Gasteiger partial charge in [-0.25, -0.2) is 14.6 Å². The van der Waals surface area contributed by atoms with Crippen LogP contribution in [0.15, 0.2) is 31.0 Å². The van der Waals surface area contributed by atoms with Gasteiger partial charge in [0.25, 0.3) is 0 Å². The zero-order chi connectivity index (χ0) is 14.6. The van der Waals surface area contributed by atoms with Gasteiger partial charge in [0.1, 0.15) is 12.7 Å². The van der Waals surface area contributed by atoms with Crippen LogP contribution in [0.5, 0.6) is 0 Å². The van der Waals surface area contributed by atoms with Gasteiger partial charge in [0.2, 0.25) is 5.91 Å². The van der Waals surface area contributed by atoms with Gasteiger partial charge in [-0.05, 0) is 32.4 Å². The molecular formula is C13H18N6O. The molecule has 0 spiro atoms. The molecule has 2 heterocycles. The number of hydrogen-bond donors (Lipinski definition) is 2. The Labute approximate surface area is 117 Å². The molecule has 2 aromatic heterocycles. The third-order valence-electron chi connectivity index (χ3n) is 2.68. The van der Waals surface area contributed by atoms with Crippen LogP contribution in [0.4, 0.5) is 5.69 Å². The quantitative estimate of drug-likeness (QED) is 0.851. The monoisotopic (exact) mass is 274 g/mol. The number of pyridine rings is 1. The van der Waals surface area contributed by atoms with E-state index in [-0.39, 0.29) is 11.4 Å². The predicted molar refractivity (Wildman–Crippen MR) is 75.3 cm³/mol. The Morgan fingerprint density at radius 2 is 2.25 bits per heavy atom. The molecule has 2 aromatic rings. The lowest BCUT2D eigenvalue weighted by molar-refractivity contribution is -0.116. The first-order valence-corrected chi connectivity index (χ1v) is 6.34. The molecule has 3 N–H and O–H groups in total. The van der Waals surface area contributed by atoms with Crippen LogP contribution in [-0.2, 0) is 4.79 Å². The first kappa shape index (κ1) is 14.1. The number of hydrogen-bond acceptors (Lipinski definition) is 5. The standard InChI is InChI=1S/C13H18N6O/c1-13(2,14)6-5-12(20)18-10-3-4-11(16-7-10)19-9-15-8-17-19/h3-4,7-9H,5-6,14H2,1-2H3,(H,18,20). The number of carbonyl (C=O) groups excluding carboxylic acids is 1. The maximum absolute atomic E-state index is 11.8. The molecule has 0 saturated heterocycles. The van der Waals surface area contributed by atoms with Gasteiger partial charge < -0.3 is 11.1 Å². The minimum Gasteiger partial charge on any atom is -0.326 e. The number of rotatable bonds is 5. The smallest absolute Gasteiger partial charge is 0.224 e. The summed E-state index contributed by atoms with van der Waals surface area (Å²) in [5, 5.41) is 6.76. The SMILES string of the molecule is CC(C)(N)CCC(=O)Nc1ccc(-n2cncn2)nc1. The number of anilines is 1. The fourth-order valence-electron chi connectivity index (χ4n) is 1.58. The number of nitrogens with one attached hydrogen (secondary N) is 1. The molecule has 0 saturated carbocycles. The van der Waals surface area contributed by atoms with E-state index in [9.17, 15) is 4.79 Å². The summed E-state index contributed by atoms with van der Waals surface area (Å²) in [5.41, 5.74) is 6.15. The minimum atomic E-state index is -0.341. The highest BCUT2D eigenvalue weighted by Gasteiger charge is 2.13. The summed E-state index contributed by atoms with van der Waals surface area (Å²) in [5.74, 6) is 0.572. The fraction of sp³-hybridized carbons (Fsp3) is 0.385. The molecule has 20 heavy (non-hydrogen) atoms. The lowest BCUT2D eigenvalue weighted by atomic mass is 10.00. The van der Waals surface area contributed by atoms with Gasteiger partial charge in [-0.2, -0.15) is 5.10 Å². The summed E-state index contributed by atoms with van der Waals surface area (Å²) >= 11 is 0. The van der Waals surface area contributed by atoms with Gasteiger partial charge >= 0.3 is 0 Å². The molecule has 106 valence electrons. The van der Waals surface area contributed by atoms with E-state index >= 15 is 0 Å². The molecule has 1 amide bonds. The van der Waals surface area contributed by atoms with Crippen molar-refractivity contribution in [1.29, 1.82) is 0 Å². The Hall–Kier alpha value is -2.28. The van der Waals surface area contributed by atoms with Crippen molar-refractivity contribution in [3.63, 3.8) is 0 Å². The van der Waals surface area contributed by atoms with Crippen LogP contribution in [0.2, 0.25) is 0 Å². The van der Waals surface area contributed by atoms with Gasteiger partial charge in [-0.1, -0.05) is 0 Å². The highest BCUT2D eigenvalue weighted by atomic mass is 16.1. The summed E-state index contributed by atoms with van der Waals surface area (Å²) in [4.78, 5) is 19.8. The summed E-state index contributed by atoms with van der Waals surface area (Å²) < 4.78 is 1.54. The van der Waals surface area contributed by atoms with Gasteiger partial charge in [-0.3, -0.25) is 4.79 Å². The molecular weight excluding hydrogens is 256 g/mol. The van der Waals surface area contributed by atoms with Gasteiger partial charge in [0.15, 0.2) is 5.82 Å². The second-order valence-corrected chi connectivity index (χ2v) is 5.28. The molecule has 0 unspecified atom stereocenters. The van der Waals surface area contributed by atoms with Gasteiger partial charge in [0, 0.05) is 12.0 Å². The zero-order valence-electron chi connectivity index (χ0n) is 11.6. The zero-order valence-corrected chi connectivity index (χ0v) is 11.6. The maximum Gasteiger partial charge on any atom is 0.224 e. The Bertz CT molecular complexity index is 556. The normalized spacial score (nSPS) is 11.3. The minimum absolute atomic E-state index is 0.0705. The van der Waals surface area contributed by atoms with E-state index in [2.05, 4.69) is 20.4 Å². The largest absolute Gasteiger partial charge is 0.326 e. The lowest BCUT2D eigenvalue weighted by Gasteiger charge is -2.17. The van der Waals surface area contributed by atoms with Crippen molar-refractivity contribution in [2.75, 3.05) is 5.32 Å². The summed E-state index contributed by atoms with van der Waals surface area (Å²) in [7, 11) is 0. The second-order valence-electron chi connectivity index (χ2n) is 5.28. The van der Waals surface area contributed by atoms with Crippen LogP contribution in [0.3, 0.4) is 0 Å². The van der Waals surface area contributed by atoms with Crippen LogP contribution in [0, 0.1) is 0 Å². The summed E-state index contributed by atoms with van der Waals surface area (Å²) in [6.45, 7) is 3.80. The Balaban J connectivity index is 1.92. The first-order chi connectivity index (χ1) is 9.44. The molecule has 0 bridgehead atoms. The van der Waals surface area contributed by atoms with Crippen LogP contribution >= 0.6 is 0 Å². The number of aromatic nitrogens is 4. The number of nitrogens with two attached hydrogens (primary N) is 1. The number of amides is 1. The molecule has 0 radical (unpaired) electrons. The Morgan fingerprint density at radius 3 is 2.80 bits per heavy atom. The van der Waals surface area contributed by atoms with Gasteiger partial charge in [0.05, 0.1) is 11.9 Å². The summed E-state index contributed by atoms with van der Waals surface area (Å²) in [6.07, 6.45) is 5.59. The molecule has 0 aromatic carbocycles. The van der Waals surface area contributed by atoms with E-state index in [1.807, 2.05) is 13.8 Å². The van der Waals surface area contributed by atoms with Crippen LogP contribution < -0.4 is 11.1 Å². The average molecular weight is 274 g/mol. The van der Waals surface area contributed by atoms with Crippen molar-refractivity contribution < 1.29 is 4.79 Å². The first-order valence-electron chi connectivity index (χ1n) is 6.34. The third kappa shape index (κ3) is 4.13. The Morgan fingerprint density at radius 1 is 1.45 bits per heavy atom. The molecule has 2 rings (SSSR count). The number of carbonyl (C=O) groups is 1. The lowest BCUT2D eigenvalue weighted by Crippen LogP contribution is -2.33. The second kappa shape index (κ2) is 5.79. The highest BCUT2D eigenvalue weighted by molar-refractivity contribution is 5.90. The van der Waals surface area contributed by atoms with Crippen molar-refractivity contribution >= 4 is 11.6 Å². The van der Waals surface area contributed by atoms with Crippen molar-refractivity contribution in [2.24, 2.45) is 5.73 Å². The van der Waals surface area contributed by atoms with Crippen molar-refractivity contribution in [2.45, 2.75) is 32.2 Å². The van der Waals surface area contributed by atoms with E-state index in [4.69, 9.17) is 5.73 Å². The molecule has 7 heteroatoms. The number of nitrogens with zero attached hydrogens (tertiary/aromatic N) is 4. The van der Waals surface area contributed by atoms with Crippen LogP contribution in [0.25, 0.3) is 5.82 Å². The maximum atomic E-state index is 11.8. The molecule has 0 aliphatic carbocycles. The van der Waals surface area contributed by atoms with Gasteiger partial charge in [-0.15, -0.1) is 0 Å². The van der Waals surface area contributed by atoms with E-state index in [0.717, 1.165) is 0 Å². The molecule has 7 nitrogen and oxygen atoms in total. The predicted octanol–water partition coefficient (Wildman–Crippen LogP) is 1.12.